The molecule has 0 aromatic rings. The van der Waals surface area contributed by atoms with Gasteiger partial charge in [-0.2, -0.15) is 13.2 Å². The van der Waals surface area contributed by atoms with Crippen LogP contribution in [0.3, 0.4) is 0 Å². The van der Waals surface area contributed by atoms with Crippen LogP contribution in [0.2, 0.25) is 0 Å². The summed E-state index contributed by atoms with van der Waals surface area (Å²) >= 11 is 0. The molecule has 1 heterocycles. The molecule has 108 valence electrons. The molecule has 1 atom stereocenters. The van der Waals surface area contributed by atoms with Gasteiger partial charge in [-0.1, -0.05) is 0 Å². The summed E-state index contributed by atoms with van der Waals surface area (Å²) in [4.78, 5) is 2.42. The third-order valence-electron chi connectivity index (χ3n) is 3.17. The van der Waals surface area contributed by atoms with E-state index in [1.165, 1.54) is 0 Å². The summed E-state index contributed by atoms with van der Waals surface area (Å²) in [5, 5.41) is 3.15. The van der Waals surface area contributed by atoms with E-state index in [9.17, 15) is 13.2 Å². The number of nitrogens with zero attached hydrogens (tertiary/aromatic N) is 1. The molecule has 6 heteroatoms. The summed E-state index contributed by atoms with van der Waals surface area (Å²) in [6, 6.07) is 0.574. The van der Waals surface area contributed by atoms with Gasteiger partial charge < -0.3 is 15.0 Å². The molecule has 0 aliphatic carbocycles. The van der Waals surface area contributed by atoms with Crippen LogP contribution >= 0.6 is 0 Å². The smallest absolute Gasteiger partial charge is 0.371 e. The molecule has 1 aliphatic rings. The summed E-state index contributed by atoms with van der Waals surface area (Å²) < 4.78 is 39.9. The first-order valence-corrected chi connectivity index (χ1v) is 6.48. The van der Waals surface area contributed by atoms with Gasteiger partial charge in [0.2, 0.25) is 0 Å². The van der Waals surface area contributed by atoms with Gasteiger partial charge in [0.15, 0.2) is 0 Å². The molecule has 1 aliphatic heterocycles. The Balaban J connectivity index is 1.96. The molecular weight excluding hydrogens is 245 g/mol. The quantitative estimate of drug-likeness (QED) is 0.714. The molecule has 1 rings (SSSR count). The van der Waals surface area contributed by atoms with Gasteiger partial charge in [0.1, 0.15) is 6.61 Å². The minimum Gasteiger partial charge on any atom is -0.371 e. The first-order valence-electron chi connectivity index (χ1n) is 6.48. The van der Waals surface area contributed by atoms with Gasteiger partial charge in [0, 0.05) is 19.1 Å². The molecule has 0 aromatic heterocycles. The molecule has 0 amide bonds. The summed E-state index contributed by atoms with van der Waals surface area (Å²) in [5.74, 6) is 0.606. The van der Waals surface area contributed by atoms with Crippen LogP contribution < -0.4 is 5.32 Å². The van der Waals surface area contributed by atoms with Crippen molar-refractivity contribution in [2.45, 2.75) is 32.5 Å². The maximum atomic E-state index is 11.8. The first kappa shape index (κ1) is 15.7. The van der Waals surface area contributed by atoms with Crippen LogP contribution in [0.5, 0.6) is 0 Å². The molecule has 1 unspecified atom stereocenters. The van der Waals surface area contributed by atoms with Crippen LogP contribution in [0.15, 0.2) is 0 Å². The molecular formula is C12H23F3N2O. The summed E-state index contributed by atoms with van der Waals surface area (Å²) in [5.41, 5.74) is 0. The van der Waals surface area contributed by atoms with E-state index in [0.717, 1.165) is 26.1 Å². The van der Waals surface area contributed by atoms with Gasteiger partial charge in [-0.25, -0.2) is 0 Å². The Hall–Kier alpha value is -0.330. The Labute approximate surface area is 107 Å². The highest BCUT2D eigenvalue weighted by atomic mass is 19.4. The fourth-order valence-electron chi connectivity index (χ4n) is 2.14. The van der Waals surface area contributed by atoms with E-state index in [-0.39, 0.29) is 6.61 Å². The second-order valence-corrected chi connectivity index (χ2v) is 5.12. The SMILES string of the molecule is CC(C)N1CCC(CNCCOCC(F)(F)F)C1. The van der Waals surface area contributed by atoms with Crippen molar-refractivity contribution in [3.8, 4) is 0 Å². The van der Waals surface area contributed by atoms with E-state index in [1.54, 1.807) is 0 Å². The topological polar surface area (TPSA) is 24.5 Å². The van der Waals surface area contributed by atoms with Crippen molar-refractivity contribution in [1.29, 1.82) is 0 Å². The molecule has 1 fully saturated rings. The summed E-state index contributed by atoms with van der Waals surface area (Å²) in [6.07, 6.45) is -3.06. The monoisotopic (exact) mass is 268 g/mol. The zero-order valence-corrected chi connectivity index (χ0v) is 11.1. The van der Waals surface area contributed by atoms with E-state index in [4.69, 9.17) is 0 Å². The molecule has 3 nitrogen and oxygen atoms in total. The van der Waals surface area contributed by atoms with E-state index in [2.05, 4.69) is 28.8 Å². The highest BCUT2D eigenvalue weighted by Crippen LogP contribution is 2.17. The van der Waals surface area contributed by atoms with Crippen LogP contribution in [0.25, 0.3) is 0 Å². The van der Waals surface area contributed by atoms with Crippen molar-refractivity contribution >= 4 is 0 Å². The summed E-state index contributed by atoms with van der Waals surface area (Å²) in [6.45, 7) is 6.86. The Morgan fingerprint density at radius 2 is 2.11 bits per heavy atom. The lowest BCUT2D eigenvalue weighted by atomic mass is 10.1. The number of ether oxygens (including phenoxy) is 1. The predicted molar refractivity (Wildman–Crippen MR) is 64.6 cm³/mol. The number of likely N-dealkylation sites (tertiary alicyclic amines) is 1. The fraction of sp³-hybridized carbons (Fsp3) is 1.00. The van der Waals surface area contributed by atoms with Gasteiger partial charge in [-0.05, 0) is 39.3 Å². The summed E-state index contributed by atoms with van der Waals surface area (Å²) in [7, 11) is 0. The second kappa shape index (κ2) is 7.31. The molecule has 1 N–H and O–H groups in total. The number of nitrogens with one attached hydrogen (secondary N) is 1. The van der Waals surface area contributed by atoms with E-state index < -0.39 is 12.8 Å². The normalized spacial score (nSPS) is 22.0. The first-order chi connectivity index (χ1) is 8.38. The maximum absolute atomic E-state index is 11.8. The Kier molecular flexibility index (Phi) is 6.38. The maximum Gasteiger partial charge on any atom is 0.411 e. The van der Waals surface area contributed by atoms with Crippen LogP contribution in [-0.4, -0.2) is 56.5 Å². The van der Waals surface area contributed by atoms with E-state index in [1.807, 2.05) is 0 Å². The Morgan fingerprint density at radius 3 is 2.67 bits per heavy atom. The molecule has 0 radical (unpaired) electrons. The van der Waals surface area contributed by atoms with Crippen molar-refractivity contribution in [2.75, 3.05) is 39.4 Å². The number of rotatable bonds is 7. The van der Waals surface area contributed by atoms with Gasteiger partial charge in [-0.3, -0.25) is 0 Å². The lowest BCUT2D eigenvalue weighted by Crippen LogP contribution is -2.32. The lowest BCUT2D eigenvalue weighted by Gasteiger charge is -2.20. The number of hydrogen-bond acceptors (Lipinski definition) is 3. The van der Waals surface area contributed by atoms with E-state index in [0.29, 0.717) is 18.5 Å². The van der Waals surface area contributed by atoms with Crippen molar-refractivity contribution in [3.63, 3.8) is 0 Å². The Bertz CT molecular complexity index is 234. The van der Waals surface area contributed by atoms with Gasteiger partial charge >= 0.3 is 6.18 Å². The predicted octanol–water partition coefficient (Wildman–Crippen LogP) is 1.89. The molecule has 18 heavy (non-hydrogen) atoms. The second-order valence-electron chi connectivity index (χ2n) is 5.12. The third-order valence-corrected chi connectivity index (χ3v) is 3.17. The van der Waals surface area contributed by atoms with Crippen LogP contribution in [-0.2, 0) is 4.74 Å². The van der Waals surface area contributed by atoms with E-state index >= 15 is 0 Å². The molecule has 0 saturated carbocycles. The lowest BCUT2D eigenvalue weighted by molar-refractivity contribution is -0.173. The zero-order chi connectivity index (χ0) is 13.6. The highest BCUT2D eigenvalue weighted by Gasteiger charge is 2.27. The largest absolute Gasteiger partial charge is 0.411 e. The van der Waals surface area contributed by atoms with Crippen LogP contribution in [0, 0.1) is 5.92 Å². The van der Waals surface area contributed by atoms with Crippen molar-refractivity contribution in [1.82, 2.24) is 10.2 Å². The average molecular weight is 268 g/mol. The zero-order valence-electron chi connectivity index (χ0n) is 11.1. The highest BCUT2D eigenvalue weighted by molar-refractivity contribution is 4.78. The standard InChI is InChI=1S/C12H23F3N2O/c1-10(2)17-5-3-11(8-17)7-16-4-6-18-9-12(13,14)15/h10-11,16H,3-9H2,1-2H3. The third kappa shape index (κ3) is 6.56. The van der Waals surface area contributed by atoms with Gasteiger partial charge in [0.25, 0.3) is 0 Å². The molecule has 1 saturated heterocycles. The minimum absolute atomic E-state index is 0.111. The van der Waals surface area contributed by atoms with Gasteiger partial charge in [0.05, 0.1) is 6.61 Å². The molecule has 0 bridgehead atoms. The van der Waals surface area contributed by atoms with Crippen molar-refractivity contribution < 1.29 is 17.9 Å². The Morgan fingerprint density at radius 1 is 1.39 bits per heavy atom. The van der Waals surface area contributed by atoms with Gasteiger partial charge in [-0.15, -0.1) is 0 Å². The number of hydrogen-bond donors (Lipinski definition) is 1. The van der Waals surface area contributed by atoms with Crippen LogP contribution in [0.4, 0.5) is 13.2 Å². The number of alkyl halides is 3. The van der Waals surface area contributed by atoms with Crippen molar-refractivity contribution in [3.05, 3.63) is 0 Å². The fourth-order valence-corrected chi connectivity index (χ4v) is 2.14. The van der Waals surface area contributed by atoms with Crippen molar-refractivity contribution in [2.24, 2.45) is 5.92 Å². The average Bonchev–Trinajstić information content (AvgIpc) is 2.70. The minimum atomic E-state index is -4.22. The van der Waals surface area contributed by atoms with Crippen LogP contribution in [0.1, 0.15) is 20.3 Å². The number of halogens is 3. The molecule has 0 aromatic carbocycles. The molecule has 0 spiro atoms.